The van der Waals surface area contributed by atoms with Crippen molar-refractivity contribution in [2.24, 2.45) is 4.99 Å². The molecule has 1 saturated heterocycles. The topological polar surface area (TPSA) is 123 Å². The molecule has 0 radical (unpaired) electrons. The van der Waals surface area contributed by atoms with Crippen molar-refractivity contribution >= 4 is 40.9 Å². The predicted molar refractivity (Wildman–Crippen MR) is 125 cm³/mol. The number of morpholine rings is 1. The predicted octanol–water partition coefficient (Wildman–Crippen LogP) is 3.20. The van der Waals surface area contributed by atoms with E-state index in [1.807, 2.05) is 0 Å². The summed E-state index contributed by atoms with van der Waals surface area (Å²) >= 11 is 7.61. The van der Waals surface area contributed by atoms with Crippen LogP contribution in [-0.4, -0.2) is 72.1 Å². The first-order valence-electron chi connectivity index (χ1n) is 10.5. The number of aromatic nitrogens is 1. The molecule has 3 heterocycles. The minimum Gasteiger partial charge on any atom is -0.466 e. The number of carbonyl (C=O) groups excluding carboxylic acids is 1. The van der Waals surface area contributed by atoms with Crippen LogP contribution in [0.1, 0.15) is 23.5 Å². The van der Waals surface area contributed by atoms with Gasteiger partial charge in [0.25, 0.3) is 0 Å². The fraction of sp³-hybridized carbons (Fsp3) is 0.364. The number of nitrogens with one attached hydrogen (secondary N) is 1. The summed E-state index contributed by atoms with van der Waals surface area (Å²) in [5.41, 5.74) is 0.748. The monoisotopic (exact) mass is 524 g/mol. The van der Waals surface area contributed by atoms with Gasteiger partial charge in [-0.2, -0.15) is 0 Å². The average Bonchev–Trinajstić information content (AvgIpc) is 3.37. The summed E-state index contributed by atoms with van der Waals surface area (Å²) < 4.78 is 30.0. The zero-order chi connectivity index (χ0) is 25.1. The van der Waals surface area contributed by atoms with Crippen molar-refractivity contribution in [1.29, 1.82) is 0 Å². The lowest BCUT2D eigenvalue weighted by molar-refractivity contribution is -0.155. The number of ether oxygens (including phenoxy) is 3. The van der Waals surface area contributed by atoms with E-state index in [4.69, 9.17) is 25.8 Å². The number of rotatable bonds is 6. The Morgan fingerprint density at radius 1 is 1.43 bits per heavy atom. The Morgan fingerprint density at radius 3 is 2.91 bits per heavy atom. The molecule has 0 bridgehead atoms. The lowest BCUT2D eigenvalue weighted by Crippen LogP contribution is -2.54. The number of carbonyl (C=O) groups is 2. The fourth-order valence-electron chi connectivity index (χ4n) is 3.98. The van der Waals surface area contributed by atoms with E-state index in [2.05, 4.69) is 15.3 Å². The van der Waals surface area contributed by atoms with Crippen molar-refractivity contribution in [3.63, 3.8) is 0 Å². The second kappa shape index (κ2) is 10.7. The van der Waals surface area contributed by atoms with Gasteiger partial charge in [-0.1, -0.05) is 23.7 Å². The van der Waals surface area contributed by atoms with Crippen molar-refractivity contribution in [3.05, 3.63) is 62.5 Å². The van der Waals surface area contributed by atoms with E-state index < -0.39 is 36.3 Å². The quantitative estimate of drug-likeness (QED) is 0.548. The number of halogens is 2. The number of amidine groups is 1. The van der Waals surface area contributed by atoms with Crippen molar-refractivity contribution in [3.8, 4) is 0 Å². The molecule has 0 amide bonds. The van der Waals surface area contributed by atoms with Gasteiger partial charge in [0, 0.05) is 35.9 Å². The molecular weight excluding hydrogens is 503 g/mol. The fourth-order valence-corrected chi connectivity index (χ4v) is 4.80. The zero-order valence-corrected chi connectivity index (χ0v) is 20.3. The van der Waals surface area contributed by atoms with Crippen molar-refractivity contribution in [2.75, 3.05) is 26.8 Å². The van der Waals surface area contributed by atoms with Crippen LogP contribution in [0.25, 0.3) is 0 Å². The molecule has 13 heteroatoms. The second-order valence-electron chi connectivity index (χ2n) is 7.69. The number of methoxy groups -OCH3 is 1. The number of esters is 1. The molecule has 35 heavy (non-hydrogen) atoms. The number of hydrogen-bond acceptors (Lipinski definition) is 10. The number of benzene rings is 1. The van der Waals surface area contributed by atoms with Gasteiger partial charge in [0.05, 0.1) is 24.3 Å². The molecule has 0 unspecified atom stereocenters. The molecule has 0 saturated carbocycles. The van der Waals surface area contributed by atoms with Gasteiger partial charge in [-0.3, -0.25) is 9.89 Å². The van der Waals surface area contributed by atoms with Crippen LogP contribution in [-0.2, 0) is 19.0 Å². The molecule has 0 aliphatic carbocycles. The van der Waals surface area contributed by atoms with Crippen molar-refractivity contribution in [1.82, 2.24) is 15.2 Å². The standard InChI is InChI=1S/C22H22ClFN4O6S/c1-11-20(34-22(30)31)28(7-8-33-11)10-14-15(21(29)32-2)17(12-4-3-5-13(24)16(12)23)27-18(26-14)19-25-6-9-35-19/h3-6,9,11,17,20H,7-8,10H2,1-2H3,(H,26,27)(H,30,31)/t11-,17+,20+/m1/s1. The number of aliphatic imine (C=N–C) groups is 1. The van der Waals surface area contributed by atoms with Crippen molar-refractivity contribution < 1.29 is 33.3 Å². The van der Waals surface area contributed by atoms with Crippen LogP contribution >= 0.6 is 22.9 Å². The van der Waals surface area contributed by atoms with Gasteiger partial charge in [0.1, 0.15) is 18.0 Å². The molecular formula is C22H22ClFN4O6S. The first kappa shape index (κ1) is 25.0. The van der Waals surface area contributed by atoms with Gasteiger partial charge in [-0.25, -0.2) is 19.0 Å². The maximum absolute atomic E-state index is 14.4. The van der Waals surface area contributed by atoms with Gasteiger partial charge in [0.2, 0.25) is 0 Å². The van der Waals surface area contributed by atoms with Gasteiger partial charge in [-0.15, -0.1) is 11.3 Å². The molecule has 186 valence electrons. The highest BCUT2D eigenvalue weighted by molar-refractivity contribution is 7.11. The van der Waals surface area contributed by atoms with Crippen LogP contribution in [0.15, 0.2) is 46.0 Å². The van der Waals surface area contributed by atoms with E-state index in [1.165, 1.54) is 30.6 Å². The van der Waals surface area contributed by atoms with E-state index in [0.717, 1.165) is 0 Å². The van der Waals surface area contributed by atoms with Gasteiger partial charge in [0.15, 0.2) is 17.1 Å². The number of carboxylic acid groups (broad SMARTS) is 1. The highest BCUT2D eigenvalue weighted by Gasteiger charge is 2.38. The highest BCUT2D eigenvalue weighted by atomic mass is 35.5. The summed E-state index contributed by atoms with van der Waals surface area (Å²) in [7, 11) is 1.23. The van der Waals surface area contributed by atoms with E-state index in [9.17, 15) is 19.1 Å². The third-order valence-corrected chi connectivity index (χ3v) is 6.72. The molecule has 2 N–H and O–H groups in total. The second-order valence-corrected chi connectivity index (χ2v) is 8.96. The van der Waals surface area contributed by atoms with Gasteiger partial charge in [-0.05, 0) is 13.0 Å². The molecule has 10 nitrogen and oxygen atoms in total. The smallest absolute Gasteiger partial charge is 0.466 e. The molecule has 4 rings (SSSR count). The number of nitrogens with zero attached hydrogens (tertiary/aromatic N) is 3. The SMILES string of the molecule is COC(=O)C1=C(CN2CCO[C@H](C)[C@@H]2OC(=O)O)NC(c2nccs2)=N[C@H]1c1cccc(F)c1Cl. The third-order valence-electron chi connectivity index (χ3n) is 5.55. The Bertz CT molecular complexity index is 1170. The van der Waals surface area contributed by atoms with Crippen LogP contribution < -0.4 is 5.32 Å². The normalized spacial score (nSPS) is 22.9. The van der Waals surface area contributed by atoms with E-state index in [-0.39, 0.29) is 22.7 Å². The summed E-state index contributed by atoms with van der Waals surface area (Å²) in [5.74, 6) is -1.00. The maximum Gasteiger partial charge on any atom is 0.507 e. The molecule has 2 aromatic rings. The average molecular weight is 525 g/mol. The van der Waals surface area contributed by atoms with Crippen LogP contribution in [0.4, 0.5) is 9.18 Å². The van der Waals surface area contributed by atoms with E-state index in [1.54, 1.807) is 29.5 Å². The molecule has 3 atom stereocenters. The van der Waals surface area contributed by atoms with Crippen LogP contribution in [0.2, 0.25) is 5.02 Å². The lowest BCUT2D eigenvalue weighted by atomic mass is 9.95. The number of thiazole rings is 1. The minimum absolute atomic E-state index is 0.0594. The Balaban J connectivity index is 1.82. The van der Waals surface area contributed by atoms with E-state index >= 15 is 0 Å². The first-order chi connectivity index (χ1) is 16.8. The minimum atomic E-state index is -1.45. The molecule has 1 aromatic carbocycles. The summed E-state index contributed by atoms with van der Waals surface area (Å²) in [6, 6.07) is 3.27. The maximum atomic E-state index is 14.4. The van der Waals surface area contributed by atoms with Gasteiger partial charge >= 0.3 is 12.1 Å². The van der Waals surface area contributed by atoms with E-state index in [0.29, 0.717) is 29.7 Å². The Labute approximate surface area is 209 Å². The lowest BCUT2D eigenvalue weighted by Gasteiger charge is -2.39. The summed E-state index contributed by atoms with van der Waals surface area (Å²) in [5, 5.41) is 14.5. The van der Waals surface area contributed by atoms with Crippen LogP contribution in [0.5, 0.6) is 0 Å². The van der Waals surface area contributed by atoms with Crippen molar-refractivity contribution in [2.45, 2.75) is 25.3 Å². The van der Waals surface area contributed by atoms with Crippen LogP contribution in [0, 0.1) is 5.82 Å². The molecule has 1 aromatic heterocycles. The summed E-state index contributed by atoms with van der Waals surface area (Å²) in [4.78, 5) is 35.0. The molecule has 2 aliphatic rings. The Morgan fingerprint density at radius 2 is 2.23 bits per heavy atom. The number of hydrogen-bond donors (Lipinski definition) is 2. The Hall–Kier alpha value is -3.06. The molecule has 0 spiro atoms. The molecule has 2 aliphatic heterocycles. The Kier molecular flexibility index (Phi) is 7.65. The third kappa shape index (κ3) is 5.30. The molecule has 1 fully saturated rings. The first-order valence-corrected chi connectivity index (χ1v) is 11.8. The zero-order valence-electron chi connectivity index (χ0n) is 18.7. The highest BCUT2D eigenvalue weighted by Crippen LogP contribution is 2.37. The van der Waals surface area contributed by atoms with Crippen LogP contribution in [0.3, 0.4) is 0 Å². The summed E-state index contributed by atoms with van der Waals surface area (Å²) in [6.45, 7) is 2.41. The summed E-state index contributed by atoms with van der Waals surface area (Å²) in [6.07, 6.45) is -1.32. The largest absolute Gasteiger partial charge is 0.507 e. The van der Waals surface area contributed by atoms with Gasteiger partial charge < -0.3 is 24.6 Å².